The lowest BCUT2D eigenvalue weighted by Crippen LogP contribution is -2.44. The Morgan fingerprint density at radius 3 is 2.16 bits per heavy atom. The summed E-state index contributed by atoms with van der Waals surface area (Å²) in [6, 6.07) is 25.5. The summed E-state index contributed by atoms with van der Waals surface area (Å²) in [6.45, 7) is 2.04. The monoisotopic (exact) mass is 416 g/mol. The zero-order valence-electron chi connectivity index (χ0n) is 17.1. The first-order valence-electron chi connectivity index (χ1n) is 10.3. The van der Waals surface area contributed by atoms with Crippen molar-refractivity contribution in [1.29, 1.82) is 0 Å². The van der Waals surface area contributed by atoms with E-state index in [0.29, 0.717) is 43.3 Å². The smallest absolute Gasteiger partial charge is 0.268 e. The number of ether oxygens (including phenoxy) is 2. The summed E-state index contributed by atoms with van der Waals surface area (Å²) in [7, 11) is 0. The molecule has 4 rings (SSSR count). The molecular formula is C25H24N2O4. The number of carbonyl (C=O) groups is 2. The van der Waals surface area contributed by atoms with Crippen LogP contribution in [-0.4, -0.2) is 43.0 Å². The molecule has 1 heterocycles. The van der Waals surface area contributed by atoms with Gasteiger partial charge in [-0.05, 0) is 24.3 Å². The molecule has 6 nitrogen and oxygen atoms in total. The lowest BCUT2D eigenvalue weighted by molar-refractivity contribution is -0.143. The molecule has 1 N–H and O–H groups in total. The second kappa shape index (κ2) is 9.91. The normalized spacial score (nSPS) is 14.5. The first kappa shape index (κ1) is 20.6. The number of nitrogens with one attached hydrogen (secondary N) is 1. The van der Waals surface area contributed by atoms with E-state index < -0.39 is 6.10 Å². The van der Waals surface area contributed by atoms with E-state index in [2.05, 4.69) is 5.32 Å². The summed E-state index contributed by atoms with van der Waals surface area (Å²) in [4.78, 5) is 28.0. The predicted octanol–water partition coefficient (Wildman–Crippen LogP) is 3.92. The highest BCUT2D eigenvalue weighted by molar-refractivity contribution is 6.06. The SMILES string of the molecule is O=C(Nc1ccccc1)c1ccccc1O[C@@H](C(=O)N1CCOCC1)c1ccccc1. The molecule has 0 saturated carbocycles. The Morgan fingerprint density at radius 1 is 0.839 bits per heavy atom. The highest BCUT2D eigenvalue weighted by Crippen LogP contribution is 2.28. The molecule has 0 aromatic heterocycles. The Hall–Kier alpha value is -3.64. The van der Waals surface area contributed by atoms with Crippen LogP contribution >= 0.6 is 0 Å². The van der Waals surface area contributed by atoms with E-state index in [0.717, 1.165) is 5.56 Å². The number of hydrogen-bond donors (Lipinski definition) is 1. The number of nitrogens with zero attached hydrogens (tertiary/aromatic N) is 1. The highest BCUT2D eigenvalue weighted by Gasteiger charge is 2.30. The number of hydrogen-bond acceptors (Lipinski definition) is 4. The van der Waals surface area contributed by atoms with Crippen molar-refractivity contribution >= 4 is 17.5 Å². The number of morpholine rings is 1. The minimum Gasteiger partial charge on any atom is -0.475 e. The van der Waals surface area contributed by atoms with Crippen LogP contribution in [0.25, 0.3) is 0 Å². The number of benzene rings is 3. The van der Waals surface area contributed by atoms with Gasteiger partial charge < -0.3 is 19.7 Å². The van der Waals surface area contributed by atoms with E-state index in [1.165, 1.54) is 0 Å². The number of carbonyl (C=O) groups excluding carboxylic acids is 2. The fourth-order valence-corrected chi connectivity index (χ4v) is 3.44. The maximum absolute atomic E-state index is 13.3. The lowest BCUT2D eigenvalue weighted by atomic mass is 10.1. The van der Waals surface area contributed by atoms with E-state index >= 15 is 0 Å². The summed E-state index contributed by atoms with van der Waals surface area (Å²) in [5, 5.41) is 2.87. The van der Waals surface area contributed by atoms with Gasteiger partial charge in [0, 0.05) is 24.3 Å². The van der Waals surface area contributed by atoms with Crippen molar-refractivity contribution in [1.82, 2.24) is 4.90 Å². The van der Waals surface area contributed by atoms with Gasteiger partial charge in [0.25, 0.3) is 11.8 Å². The largest absolute Gasteiger partial charge is 0.475 e. The Labute approximate surface area is 181 Å². The Morgan fingerprint density at radius 2 is 1.45 bits per heavy atom. The van der Waals surface area contributed by atoms with Crippen LogP contribution in [0.15, 0.2) is 84.9 Å². The second-order valence-electron chi connectivity index (χ2n) is 7.16. The molecule has 0 radical (unpaired) electrons. The number of anilines is 1. The van der Waals surface area contributed by atoms with Gasteiger partial charge in [0.2, 0.25) is 6.10 Å². The molecule has 0 unspecified atom stereocenters. The summed E-state index contributed by atoms with van der Waals surface area (Å²) >= 11 is 0. The van der Waals surface area contributed by atoms with Gasteiger partial charge in [-0.25, -0.2) is 0 Å². The Kier molecular flexibility index (Phi) is 6.59. The average Bonchev–Trinajstić information content (AvgIpc) is 2.84. The number of para-hydroxylation sites is 2. The van der Waals surface area contributed by atoms with Gasteiger partial charge in [-0.15, -0.1) is 0 Å². The fourth-order valence-electron chi connectivity index (χ4n) is 3.44. The minimum atomic E-state index is -0.857. The second-order valence-corrected chi connectivity index (χ2v) is 7.16. The molecule has 0 aliphatic carbocycles. The van der Waals surface area contributed by atoms with Gasteiger partial charge in [0.05, 0.1) is 18.8 Å². The van der Waals surface area contributed by atoms with Crippen molar-refractivity contribution in [2.75, 3.05) is 31.6 Å². The molecular weight excluding hydrogens is 392 g/mol. The van der Waals surface area contributed by atoms with Crippen LogP contribution in [0.4, 0.5) is 5.69 Å². The maximum atomic E-state index is 13.3. The van der Waals surface area contributed by atoms with Crippen molar-refractivity contribution in [3.8, 4) is 5.75 Å². The summed E-state index contributed by atoms with van der Waals surface area (Å²) in [5.41, 5.74) is 1.78. The molecule has 1 aliphatic rings. The third-order valence-electron chi connectivity index (χ3n) is 5.06. The van der Waals surface area contributed by atoms with Crippen LogP contribution in [0, 0.1) is 0 Å². The third-order valence-corrected chi connectivity index (χ3v) is 5.06. The quantitative estimate of drug-likeness (QED) is 0.661. The van der Waals surface area contributed by atoms with Crippen LogP contribution in [0.2, 0.25) is 0 Å². The molecule has 2 amide bonds. The first-order valence-corrected chi connectivity index (χ1v) is 10.3. The molecule has 1 aliphatic heterocycles. The molecule has 1 fully saturated rings. The molecule has 3 aromatic carbocycles. The molecule has 1 atom stereocenters. The molecule has 0 spiro atoms. The Bertz CT molecular complexity index is 1020. The molecule has 6 heteroatoms. The van der Waals surface area contributed by atoms with E-state index in [4.69, 9.17) is 9.47 Å². The lowest BCUT2D eigenvalue weighted by Gasteiger charge is -2.31. The van der Waals surface area contributed by atoms with E-state index in [1.54, 1.807) is 29.2 Å². The molecule has 31 heavy (non-hydrogen) atoms. The summed E-state index contributed by atoms with van der Waals surface area (Å²) in [5.74, 6) is -0.0911. The Balaban J connectivity index is 1.61. The van der Waals surface area contributed by atoms with Gasteiger partial charge in [0.15, 0.2) is 0 Å². The standard InChI is InChI=1S/C25H24N2O4/c28-24(26-20-11-5-2-6-12-20)21-13-7-8-14-22(21)31-23(19-9-3-1-4-10-19)25(29)27-15-17-30-18-16-27/h1-14,23H,15-18H2,(H,26,28)/t23-/m1/s1. The van der Waals surface area contributed by atoms with E-state index in [-0.39, 0.29) is 11.8 Å². The average molecular weight is 416 g/mol. The van der Waals surface area contributed by atoms with E-state index in [1.807, 2.05) is 60.7 Å². The predicted molar refractivity (Wildman–Crippen MR) is 118 cm³/mol. The van der Waals surface area contributed by atoms with Gasteiger partial charge in [-0.2, -0.15) is 0 Å². The molecule has 1 saturated heterocycles. The topological polar surface area (TPSA) is 67.9 Å². The first-order chi connectivity index (χ1) is 15.2. The van der Waals surface area contributed by atoms with Crippen molar-refractivity contribution in [2.45, 2.75) is 6.10 Å². The fraction of sp³-hybridized carbons (Fsp3) is 0.200. The van der Waals surface area contributed by atoms with Crippen LogP contribution in [0.5, 0.6) is 5.75 Å². The molecule has 0 bridgehead atoms. The van der Waals surface area contributed by atoms with E-state index in [9.17, 15) is 9.59 Å². The van der Waals surface area contributed by atoms with Crippen molar-refractivity contribution in [2.24, 2.45) is 0 Å². The third kappa shape index (κ3) is 5.10. The van der Waals surface area contributed by atoms with Crippen molar-refractivity contribution in [3.63, 3.8) is 0 Å². The zero-order chi connectivity index (χ0) is 21.5. The van der Waals surface area contributed by atoms with Gasteiger partial charge in [0.1, 0.15) is 5.75 Å². The summed E-state index contributed by atoms with van der Waals surface area (Å²) < 4.78 is 11.6. The zero-order valence-corrected chi connectivity index (χ0v) is 17.1. The van der Waals surface area contributed by atoms with Crippen LogP contribution in [-0.2, 0) is 9.53 Å². The minimum absolute atomic E-state index is 0.146. The number of amides is 2. The highest BCUT2D eigenvalue weighted by atomic mass is 16.5. The maximum Gasteiger partial charge on any atom is 0.268 e. The van der Waals surface area contributed by atoms with Crippen LogP contribution < -0.4 is 10.1 Å². The van der Waals surface area contributed by atoms with Crippen molar-refractivity contribution in [3.05, 3.63) is 96.1 Å². The van der Waals surface area contributed by atoms with Crippen molar-refractivity contribution < 1.29 is 19.1 Å². The molecule has 3 aromatic rings. The van der Waals surface area contributed by atoms with Crippen LogP contribution in [0.1, 0.15) is 22.0 Å². The van der Waals surface area contributed by atoms with Gasteiger partial charge in [-0.3, -0.25) is 9.59 Å². The number of rotatable bonds is 6. The van der Waals surface area contributed by atoms with Gasteiger partial charge in [-0.1, -0.05) is 60.7 Å². The summed E-state index contributed by atoms with van der Waals surface area (Å²) in [6.07, 6.45) is -0.857. The molecule has 158 valence electrons. The van der Waals surface area contributed by atoms with Crippen LogP contribution in [0.3, 0.4) is 0 Å². The van der Waals surface area contributed by atoms with Gasteiger partial charge >= 0.3 is 0 Å².